The lowest BCUT2D eigenvalue weighted by Gasteiger charge is -2.39. The van der Waals surface area contributed by atoms with E-state index in [1.54, 1.807) is 16.1 Å². The van der Waals surface area contributed by atoms with Gasteiger partial charge in [0.1, 0.15) is 5.75 Å². The fourth-order valence-electron chi connectivity index (χ4n) is 3.33. The SMILES string of the molecule is CC(Oc1ccccc1)C(=O)N1CCN(S(=O)(=O)N2CCN(C)CC2)CC1. The lowest BCUT2D eigenvalue weighted by molar-refractivity contribution is -0.139. The van der Waals surface area contributed by atoms with E-state index in [0.717, 1.165) is 13.1 Å². The van der Waals surface area contributed by atoms with Crippen molar-refractivity contribution in [3.8, 4) is 5.75 Å². The summed E-state index contributed by atoms with van der Waals surface area (Å²) in [5.41, 5.74) is 0. The van der Waals surface area contributed by atoms with Gasteiger partial charge >= 0.3 is 0 Å². The van der Waals surface area contributed by atoms with Crippen molar-refractivity contribution < 1.29 is 17.9 Å². The van der Waals surface area contributed by atoms with Gasteiger partial charge in [-0.2, -0.15) is 17.0 Å². The Morgan fingerprint density at radius 3 is 2.00 bits per heavy atom. The second-order valence-corrected chi connectivity index (χ2v) is 8.94. The molecule has 2 fully saturated rings. The van der Waals surface area contributed by atoms with Crippen LogP contribution < -0.4 is 4.74 Å². The van der Waals surface area contributed by atoms with E-state index in [9.17, 15) is 13.2 Å². The standard InChI is InChI=1S/C18H28N4O4S/c1-16(26-17-6-4-3-5-7-17)18(23)20-10-14-22(15-11-20)27(24,25)21-12-8-19(2)9-13-21/h3-7,16H,8-15H2,1-2H3. The molecule has 27 heavy (non-hydrogen) atoms. The molecule has 0 N–H and O–H groups in total. The van der Waals surface area contributed by atoms with Gasteiger partial charge in [0.15, 0.2) is 6.10 Å². The Morgan fingerprint density at radius 1 is 0.926 bits per heavy atom. The summed E-state index contributed by atoms with van der Waals surface area (Å²) in [6.45, 7) is 5.64. The summed E-state index contributed by atoms with van der Waals surface area (Å²) in [4.78, 5) is 16.4. The molecule has 8 nitrogen and oxygen atoms in total. The predicted molar refractivity (Wildman–Crippen MR) is 103 cm³/mol. The smallest absolute Gasteiger partial charge is 0.282 e. The summed E-state index contributed by atoms with van der Waals surface area (Å²) >= 11 is 0. The Hall–Kier alpha value is -1.68. The number of carbonyl (C=O) groups is 1. The molecule has 9 heteroatoms. The van der Waals surface area contributed by atoms with Crippen LogP contribution in [0.4, 0.5) is 0 Å². The van der Waals surface area contributed by atoms with Crippen LogP contribution in [0.2, 0.25) is 0 Å². The van der Waals surface area contributed by atoms with Crippen molar-refractivity contribution in [3.05, 3.63) is 30.3 Å². The quantitative estimate of drug-likeness (QED) is 0.705. The average molecular weight is 397 g/mol. The molecule has 0 aliphatic carbocycles. The summed E-state index contributed by atoms with van der Waals surface area (Å²) in [6, 6.07) is 9.22. The first-order chi connectivity index (χ1) is 12.9. The highest BCUT2D eigenvalue weighted by molar-refractivity contribution is 7.86. The van der Waals surface area contributed by atoms with E-state index in [2.05, 4.69) is 4.90 Å². The summed E-state index contributed by atoms with van der Waals surface area (Å²) in [7, 11) is -1.46. The Morgan fingerprint density at radius 2 is 1.44 bits per heavy atom. The summed E-state index contributed by atoms with van der Waals surface area (Å²) in [6.07, 6.45) is -0.604. The predicted octanol–water partition coefficient (Wildman–Crippen LogP) is 0.0903. The molecule has 0 radical (unpaired) electrons. The second kappa shape index (κ2) is 8.55. The maximum Gasteiger partial charge on any atom is 0.282 e. The third-order valence-corrected chi connectivity index (χ3v) is 7.10. The van der Waals surface area contributed by atoms with Gasteiger partial charge in [0.05, 0.1) is 0 Å². The number of piperazine rings is 2. The van der Waals surface area contributed by atoms with E-state index in [-0.39, 0.29) is 5.91 Å². The largest absolute Gasteiger partial charge is 0.481 e. The van der Waals surface area contributed by atoms with Gasteiger partial charge in [-0.25, -0.2) is 0 Å². The Bertz CT molecular complexity index is 727. The minimum Gasteiger partial charge on any atom is -0.481 e. The van der Waals surface area contributed by atoms with E-state index in [4.69, 9.17) is 4.74 Å². The minimum atomic E-state index is -3.46. The molecule has 3 rings (SSSR count). The Balaban J connectivity index is 1.52. The molecule has 2 heterocycles. The molecule has 1 aromatic rings. The monoisotopic (exact) mass is 396 g/mol. The molecule has 0 saturated carbocycles. The molecular weight excluding hydrogens is 368 g/mol. The van der Waals surface area contributed by atoms with Gasteiger partial charge in [0.2, 0.25) is 0 Å². The van der Waals surface area contributed by atoms with Crippen LogP contribution in [0.15, 0.2) is 30.3 Å². The molecule has 2 saturated heterocycles. The highest BCUT2D eigenvalue weighted by atomic mass is 32.2. The highest BCUT2D eigenvalue weighted by Gasteiger charge is 2.35. The fraction of sp³-hybridized carbons (Fsp3) is 0.611. The first-order valence-electron chi connectivity index (χ1n) is 9.32. The number of rotatable bonds is 5. The summed E-state index contributed by atoms with van der Waals surface area (Å²) in [5.74, 6) is 0.533. The number of benzene rings is 1. The van der Waals surface area contributed by atoms with E-state index >= 15 is 0 Å². The van der Waals surface area contributed by atoms with Gasteiger partial charge < -0.3 is 14.5 Å². The number of hydrogen-bond acceptors (Lipinski definition) is 5. The molecule has 0 aromatic heterocycles. The van der Waals surface area contributed by atoms with Crippen molar-refractivity contribution in [2.24, 2.45) is 0 Å². The molecule has 2 aliphatic heterocycles. The molecule has 2 aliphatic rings. The number of ether oxygens (including phenoxy) is 1. The van der Waals surface area contributed by atoms with Crippen LogP contribution in [0.5, 0.6) is 5.75 Å². The minimum absolute atomic E-state index is 0.115. The van der Waals surface area contributed by atoms with Crippen molar-refractivity contribution >= 4 is 16.1 Å². The fourth-order valence-corrected chi connectivity index (χ4v) is 4.91. The van der Waals surface area contributed by atoms with Crippen LogP contribution in [0.1, 0.15) is 6.92 Å². The van der Waals surface area contributed by atoms with Gasteiger partial charge in [-0.15, -0.1) is 0 Å². The Kier molecular flexibility index (Phi) is 6.36. The van der Waals surface area contributed by atoms with Crippen LogP contribution in [-0.2, 0) is 15.0 Å². The number of para-hydroxylation sites is 1. The van der Waals surface area contributed by atoms with E-state index < -0.39 is 16.3 Å². The van der Waals surface area contributed by atoms with Gasteiger partial charge in [-0.05, 0) is 26.1 Å². The molecular formula is C18H28N4O4S. The first-order valence-corrected chi connectivity index (χ1v) is 10.7. The van der Waals surface area contributed by atoms with Gasteiger partial charge in [0, 0.05) is 52.4 Å². The van der Waals surface area contributed by atoms with Gasteiger partial charge in [-0.3, -0.25) is 4.79 Å². The number of amides is 1. The van der Waals surface area contributed by atoms with Crippen molar-refractivity contribution in [1.29, 1.82) is 0 Å². The molecule has 1 aromatic carbocycles. The zero-order valence-corrected chi connectivity index (χ0v) is 16.8. The van der Waals surface area contributed by atoms with Crippen molar-refractivity contribution in [2.75, 3.05) is 59.4 Å². The third-order valence-electron chi connectivity index (χ3n) is 5.07. The number of likely N-dealkylation sites (N-methyl/N-ethyl adjacent to an activating group) is 1. The van der Waals surface area contributed by atoms with E-state index in [1.165, 1.54) is 4.31 Å². The molecule has 1 unspecified atom stereocenters. The van der Waals surface area contributed by atoms with Crippen molar-refractivity contribution in [3.63, 3.8) is 0 Å². The maximum atomic E-state index is 12.8. The van der Waals surface area contributed by atoms with Crippen LogP contribution in [0, 0.1) is 0 Å². The molecule has 1 amide bonds. The maximum absolute atomic E-state index is 12.8. The number of hydrogen-bond donors (Lipinski definition) is 0. The normalized spacial score (nSPS) is 21.8. The first kappa shape index (κ1) is 20.1. The number of carbonyl (C=O) groups excluding carboxylic acids is 1. The third kappa shape index (κ3) is 4.78. The summed E-state index contributed by atoms with van der Waals surface area (Å²) in [5, 5.41) is 0. The lowest BCUT2D eigenvalue weighted by atomic mass is 10.3. The average Bonchev–Trinajstić information content (AvgIpc) is 2.68. The van der Waals surface area contributed by atoms with Crippen molar-refractivity contribution in [1.82, 2.24) is 18.4 Å². The molecule has 0 bridgehead atoms. The van der Waals surface area contributed by atoms with E-state index in [1.807, 2.05) is 37.4 Å². The lowest BCUT2D eigenvalue weighted by Crippen LogP contribution is -2.58. The van der Waals surface area contributed by atoms with E-state index in [0.29, 0.717) is 45.0 Å². The zero-order valence-electron chi connectivity index (χ0n) is 16.0. The topological polar surface area (TPSA) is 73.4 Å². The van der Waals surface area contributed by atoms with Crippen LogP contribution >= 0.6 is 0 Å². The summed E-state index contributed by atoms with van der Waals surface area (Å²) < 4.78 is 34.3. The zero-order chi connectivity index (χ0) is 19.4. The Labute approximate surface area is 161 Å². The van der Waals surface area contributed by atoms with Gasteiger partial charge in [0.25, 0.3) is 16.1 Å². The second-order valence-electron chi connectivity index (χ2n) is 7.01. The number of nitrogens with zero attached hydrogens (tertiary/aromatic N) is 4. The van der Waals surface area contributed by atoms with Crippen LogP contribution in [-0.4, -0.2) is 98.2 Å². The van der Waals surface area contributed by atoms with Crippen LogP contribution in [0.25, 0.3) is 0 Å². The van der Waals surface area contributed by atoms with Gasteiger partial charge in [-0.1, -0.05) is 18.2 Å². The molecule has 1 atom stereocenters. The van der Waals surface area contributed by atoms with Crippen LogP contribution in [0.3, 0.4) is 0 Å². The molecule has 150 valence electrons. The highest BCUT2D eigenvalue weighted by Crippen LogP contribution is 2.16. The van der Waals surface area contributed by atoms with Crippen molar-refractivity contribution in [2.45, 2.75) is 13.0 Å². The molecule has 0 spiro atoms.